The summed E-state index contributed by atoms with van der Waals surface area (Å²) in [5.41, 5.74) is 1.94. The highest BCUT2D eigenvalue weighted by atomic mass is 35.5. The lowest BCUT2D eigenvalue weighted by molar-refractivity contribution is 0.144. The Morgan fingerprint density at radius 3 is 2.50 bits per heavy atom. The van der Waals surface area contributed by atoms with Crippen LogP contribution in [-0.4, -0.2) is 21.1 Å². The van der Waals surface area contributed by atoms with E-state index in [0.29, 0.717) is 11.4 Å². The van der Waals surface area contributed by atoms with Gasteiger partial charge in [0.15, 0.2) is 0 Å². The van der Waals surface area contributed by atoms with Crippen LogP contribution in [-0.2, 0) is 14.8 Å². The summed E-state index contributed by atoms with van der Waals surface area (Å²) in [4.78, 5) is 12.9. The van der Waals surface area contributed by atoms with E-state index in [1.54, 1.807) is 0 Å². The van der Waals surface area contributed by atoms with Gasteiger partial charge in [-0.25, -0.2) is 18.6 Å². The van der Waals surface area contributed by atoms with Crippen LogP contribution in [0.15, 0.2) is 29.2 Å². The second-order valence-electron chi connectivity index (χ2n) is 3.32. The molecular formula is C10H13ClN2O4S. The predicted molar refractivity (Wildman–Crippen MR) is 66.5 cm³/mol. The van der Waals surface area contributed by atoms with Crippen molar-refractivity contribution in [2.75, 3.05) is 6.61 Å². The van der Waals surface area contributed by atoms with Gasteiger partial charge in [0, 0.05) is 5.02 Å². The molecule has 1 rings (SSSR count). The lowest BCUT2D eigenvalue weighted by Crippen LogP contribution is -2.41. The van der Waals surface area contributed by atoms with Gasteiger partial charge in [0.2, 0.25) is 0 Å². The molecular weight excluding hydrogens is 280 g/mol. The Balaban J connectivity index is 2.60. The van der Waals surface area contributed by atoms with E-state index in [1.165, 1.54) is 24.3 Å². The van der Waals surface area contributed by atoms with Crippen molar-refractivity contribution in [1.29, 1.82) is 0 Å². The van der Waals surface area contributed by atoms with Crippen molar-refractivity contribution < 1.29 is 17.9 Å². The topological polar surface area (TPSA) is 84.5 Å². The van der Waals surface area contributed by atoms with Gasteiger partial charge in [-0.05, 0) is 30.7 Å². The first kappa shape index (κ1) is 14.7. The SMILES string of the molecule is CCCOC(=O)NNS(=O)(=O)c1ccc(Cl)cc1. The van der Waals surface area contributed by atoms with Gasteiger partial charge in [-0.1, -0.05) is 18.5 Å². The number of nitrogens with one attached hydrogen (secondary N) is 2. The summed E-state index contributed by atoms with van der Waals surface area (Å²) in [6.45, 7) is 2.04. The lowest BCUT2D eigenvalue weighted by Gasteiger charge is -2.08. The molecule has 0 aliphatic rings. The highest BCUT2D eigenvalue weighted by molar-refractivity contribution is 7.89. The Kier molecular flexibility index (Phi) is 5.39. The van der Waals surface area contributed by atoms with Crippen molar-refractivity contribution >= 4 is 27.7 Å². The Hall–Kier alpha value is -1.31. The van der Waals surface area contributed by atoms with Crippen LogP contribution in [0.5, 0.6) is 0 Å². The van der Waals surface area contributed by atoms with Gasteiger partial charge in [-0.15, -0.1) is 4.83 Å². The monoisotopic (exact) mass is 292 g/mol. The van der Waals surface area contributed by atoms with Gasteiger partial charge in [-0.2, -0.15) is 0 Å². The second kappa shape index (κ2) is 6.58. The van der Waals surface area contributed by atoms with Gasteiger partial charge in [0.1, 0.15) is 0 Å². The maximum atomic E-state index is 11.7. The number of hydrazine groups is 1. The second-order valence-corrected chi connectivity index (χ2v) is 5.44. The third-order valence-electron chi connectivity index (χ3n) is 1.85. The van der Waals surface area contributed by atoms with Crippen molar-refractivity contribution in [3.63, 3.8) is 0 Å². The van der Waals surface area contributed by atoms with E-state index in [1.807, 2.05) is 17.2 Å². The molecule has 0 unspecified atom stereocenters. The average Bonchev–Trinajstić information content (AvgIpc) is 2.34. The minimum Gasteiger partial charge on any atom is -0.449 e. The number of sulfonamides is 1. The lowest BCUT2D eigenvalue weighted by atomic mass is 10.4. The van der Waals surface area contributed by atoms with Crippen LogP contribution in [0.3, 0.4) is 0 Å². The number of carbonyl (C=O) groups excluding carboxylic acids is 1. The third kappa shape index (κ3) is 4.52. The Morgan fingerprint density at radius 2 is 1.94 bits per heavy atom. The first-order valence-corrected chi connectivity index (χ1v) is 7.02. The van der Waals surface area contributed by atoms with Crippen LogP contribution < -0.4 is 10.3 Å². The summed E-state index contributed by atoms with van der Waals surface area (Å²) in [6, 6.07) is 5.52. The average molecular weight is 293 g/mol. The highest BCUT2D eigenvalue weighted by Gasteiger charge is 2.14. The number of hydrogen-bond acceptors (Lipinski definition) is 4. The van der Waals surface area contributed by atoms with E-state index in [0.717, 1.165) is 0 Å². The molecule has 6 nitrogen and oxygen atoms in total. The van der Waals surface area contributed by atoms with Crippen LogP contribution in [0, 0.1) is 0 Å². The normalized spacial score (nSPS) is 11.0. The third-order valence-corrected chi connectivity index (χ3v) is 3.36. The van der Waals surface area contributed by atoms with Gasteiger partial charge < -0.3 is 4.74 Å². The van der Waals surface area contributed by atoms with E-state index in [4.69, 9.17) is 11.6 Å². The largest absolute Gasteiger partial charge is 0.449 e. The van der Waals surface area contributed by atoms with E-state index in [9.17, 15) is 13.2 Å². The maximum absolute atomic E-state index is 11.7. The zero-order valence-electron chi connectivity index (χ0n) is 9.64. The van der Waals surface area contributed by atoms with E-state index >= 15 is 0 Å². The van der Waals surface area contributed by atoms with Crippen molar-refractivity contribution in [3.8, 4) is 0 Å². The number of amides is 1. The molecule has 0 aromatic heterocycles. The van der Waals surface area contributed by atoms with Crippen molar-refractivity contribution in [2.45, 2.75) is 18.2 Å². The molecule has 0 spiro atoms. The summed E-state index contributed by atoms with van der Waals surface area (Å²) < 4.78 is 28.0. The molecule has 2 N–H and O–H groups in total. The summed E-state index contributed by atoms with van der Waals surface area (Å²) in [5, 5.41) is 0.421. The van der Waals surface area contributed by atoms with Crippen molar-refractivity contribution in [1.82, 2.24) is 10.3 Å². The fourth-order valence-corrected chi connectivity index (χ4v) is 1.97. The molecule has 0 heterocycles. The molecule has 1 aromatic carbocycles. The molecule has 0 saturated carbocycles. The molecule has 8 heteroatoms. The summed E-state index contributed by atoms with van der Waals surface area (Å²) in [6.07, 6.45) is -0.202. The van der Waals surface area contributed by atoms with Gasteiger partial charge in [-0.3, -0.25) is 0 Å². The number of benzene rings is 1. The van der Waals surface area contributed by atoms with Crippen molar-refractivity contribution in [2.24, 2.45) is 0 Å². The Bertz CT molecular complexity index is 501. The van der Waals surface area contributed by atoms with E-state index in [2.05, 4.69) is 4.74 Å². The fourth-order valence-electron chi connectivity index (χ4n) is 1.01. The molecule has 1 aromatic rings. The minimum atomic E-state index is -3.82. The van der Waals surface area contributed by atoms with Gasteiger partial charge >= 0.3 is 6.09 Å². The number of halogens is 1. The van der Waals surface area contributed by atoms with Crippen LogP contribution >= 0.6 is 11.6 Å². The van der Waals surface area contributed by atoms with Crippen LogP contribution in [0.1, 0.15) is 13.3 Å². The summed E-state index contributed by atoms with van der Waals surface area (Å²) in [7, 11) is -3.82. The van der Waals surface area contributed by atoms with E-state index < -0.39 is 16.1 Å². The van der Waals surface area contributed by atoms with Crippen molar-refractivity contribution in [3.05, 3.63) is 29.3 Å². The molecule has 0 aliphatic heterocycles. The molecule has 0 radical (unpaired) electrons. The van der Waals surface area contributed by atoms with E-state index in [-0.39, 0.29) is 11.5 Å². The maximum Gasteiger partial charge on any atom is 0.422 e. The highest BCUT2D eigenvalue weighted by Crippen LogP contribution is 2.13. The zero-order chi connectivity index (χ0) is 13.6. The summed E-state index contributed by atoms with van der Waals surface area (Å²) in [5.74, 6) is 0. The van der Waals surface area contributed by atoms with Crippen LogP contribution in [0.4, 0.5) is 4.79 Å². The molecule has 100 valence electrons. The number of hydrogen-bond donors (Lipinski definition) is 2. The smallest absolute Gasteiger partial charge is 0.422 e. The Labute approximate surface area is 110 Å². The number of ether oxygens (including phenoxy) is 1. The van der Waals surface area contributed by atoms with Gasteiger partial charge in [0.25, 0.3) is 10.0 Å². The molecule has 0 aliphatic carbocycles. The molecule has 0 saturated heterocycles. The minimum absolute atomic E-state index is 0.0114. The molecule has 0 bridgehead atoms. The zero-order valence-corrected chi connectivity index (χ0v) is 11.2. The van der Waals surface area contributed by atoms with Gasteiger partial charge in [0.05, 0.1) is 11.5 Å². The predicted octanol–water partition coefficient (Wildman–Crippen LogP) is 1.67. The molecule has 0 fully saturated rings. The fraction of sp³-hybridized carbons (Fsp3) is 0.300. The first-order valence-electron chi connectivity index (χ1n) is 5.16. The molecule has 18 heavy (non-hydrogen) atoms. The number of rotatable bonds is 5. The quantitative estimate of drug-likeness (QED) is 0.809. The number of carbonyl (C=O) groups is 1. The molecule has 0 atom stereocenters. The Morgan fingerprint density at radius 1 is 1.33 bits per heavy atom. The first-order chi connectivity index (χ1) is 8.45. The van der Waals surface area contributed by atoms with Crippen LogP contribution in [0.2, 0.25) is 5.02 Å². The standard InChI is InChI=1S/C10H13ClN2O4S/c1-2-7-17-10(14)12-13-18(15,16)9-5-3-8(11)4-6-9/h3-6,13H,2,7H2,1H3,(H,12,14). The van der Waals surface area contributed by atoms with Crippen LogP contribution in [0.25, 0.3) is 0 Å². The molecule has 1 amide bonds. The summed E-state index contributed by atoms with van der Waals surface area (Å²) >= 11 is 5.64.